The van der Waals surface area contributed by atoms with Crippen molar-refractivity contribution in [2.24, 2.45) is 0 Å². The molecule has 10 heteroatoms. The van der Waals surface area contributed by atoms with E-state index in [1.807, 2.05) is 0 Å². The molecule has 140 valence electrons. The number of nitrogen functional groups attached to an aromatic ring is 1. The molecule has 2 aromatic heterocycles. The van der Waals surface area contributed by atoms with Gasteiger partial charge in [0.25, 0.3) is 5.56 Å². The Bertz CT molecular complexity index is 1120. The molecule has 1 aromatic carbocycles. The lowest BCUT2D eigenvalue weighted by atomic mass is 10.1. The van der Waals surface area contributed by atoms with Crippen LogP contribution in [0.5, 0.6) is 0 Å². The van der Waals surface area contributed by atoms with Crippen LogP contribution in [0, 0.1) is 5.82 Å². The van der Waals surface area contributed by atoms with Gasteiger partial charge in [0.05, 0.1) is 43.6 Å². The Balaban J connectivity index is 2.17. The predicted octanol–water partition coefficient (Wildman–Crippen LogP) is 1.80. The zero-order chi connectivity index (χ0) is 19.7. The SMILES string of the molecule is COC(=O)c1sc(N)c(C(=O)OC)c1Cn1cnc2cc(F)ccc2c1=O. The Morgan fingerprint density at radius 3 is 2.63 bits per heavy atom. The van der Waals surface area contributed by atoms with E-state index in [2.05, 4.69) is 4.98 Å². The summed E-state index contributed by atoms with van der Waals surface area (Å²) in [6.07, 6.45) is 1.21. The third kappa shape index (κ3) is 3.26. The van der Waals surface area contributed by atoms with Gasteiger partial charge in [0.1, 0.15) is 15.7 Å². The summed E-state index contributed by atoms with van der Waals surface area (Å²) in [5.41, 5.74) is 5.80. The van der Waals surface area contributed by atoms with Crippen LogP contribution in [-0.4, -0.2) is 35.7 Å². The minimum atomic E-state index is -0.738. The van der Waals surface area contributed by atoms with Crippen LogP contribution < -0.4 is 11.3 Å². The molecule has 0 fully saturated rings. The lowest BCUT2D eigenvalue weighted by Gasteiger charge is -2.09. The van der Waals surface area contributed by atoms with Crippen LogP contribution in [0.4, 0.5) is 9.39 Å². The summed E-state index contributed by atoms with van der Waals surface area (Å²) >= 11 is 0.865. The second-order valence-corrected chi connectivity index (χ2v) is 6.52. The van der Waals surface area contributed by atoms with E-state index in [9.17, 15) is 18.8 Å². The van der Waals surface area contributed by atoms with Crippen LogP contribution in [0.1, 0.15) is 25.6 Å². The van der Waals surface area contributed by atoms with Gasteiger partial charge in [-0.2, -0.15) is 0 Å². The van der Waals surface area contributed by atoms with E-state index in [0.29, 0.717) is 0 Å². The number of hydrogen-bond acceptors (Lipinski definition) is 8. The number of anilines is 1. The van der Waals surface area contributed by atoms with E-state index in [-0.39, 0.29) is 38.5 Å². The number of carbonyl (C=O) groups excluding carboxylic acids is 2. The minimum Gasteiger partial charge on any atom is -0.465 e. The monoisotopic (exact) mass is 391 g/mol. The molecular weight excluding hydrogens is 377 g/mol. The number of aromatic nitrogens is 2. The Labute approximate surface area is 156 Å². The summed E-state index contributed by atoms with van der Waals surface area (Å²) in [7, 11) is 2.37. The average molecular weight is 391 g/mol. The molecule has 0 spiro atoms. The Hall–Kier alpha value is -3.27. The number of fused-ring (bicyclic) bond motifs is 1. The van der Waals surface area contributed by atoms with Crippen LogP contribution in [0.25, 0.3) is 10.9 Å². The van der Waals surface area contributed by atoms with E-state index in [0.717, 1.165) is 23.5 Å². The smallest absolute Gasteiger partial charge is 0.348 e. The van der Waals surface area contributed by atoms with Gasteiger partial charge in [-0.1, -0.05) is 0 Å². The maximum atomic E-state index is 13.3. The number of nitrogens with two attached hydrogens (primary N) is 1. The highest BCUT2D eigenvalue weighted by molar-refractivity contribution is 7.18. The second kappa shape index (κ2) is 7.16. The fourth-order valence-corrected chi connectivity index (χ4v) is 3.62. The van der Waals surface area contributed by atoms with E-state index in [1.165, 1.54) is 31.2 Å². The molecule has 0 unspecified atom stereocenters. The fraction of sp³-hybridized carbons (Fsp3) is 0.176. The first-order valence-electron chi connectivity index (χ1n) is 7.59. The molecular formula is C17H14FN3O5S. The largest absolute Gasteiger partial charge is 0.465 e. The number of methoxy groups -OCH3 is 2. The summed E-state index contributed by atoms with van der Waals surface area (Å²) in [5, 5.41) is 0.266. The molecule has 0 aliphatic rings. The topological polar surface area (TPSA) is 114 Å². The van der Waals surface area contributed by atoms with Crippen LogP contribution >= 0.6 is 11.3 Å². The first-order chi connectivity index (χ1) is 12.9. The molecule has 0 aliphatic carbocycles. The van der Waals surface area contributed by atoms with Crippen molar-refractivity contribution in [2.75, 3.05) is 20.0 Å². The van der Waals surface area contributed by atoms with Crippen molar-refractivity contribution in [2.45, 2.75) is 6.54 Å². The maximum Gasteiger partial charge on any atom is 0.348 e. The van der Waals surface area contributed by atoms with Crippen molar-refractivity contribution < 1.29 is 23.5 Å². The third-order valence-electron chi connectivity index (χ3n) is 3.91. The average Bonchev–Trinajstić information content (AvgIpc) is 2.98. The Morgan fingerprint density at radius 2 is 1.96 bits per heavy atom. The molecule has 2 N–H and O–H groups in total. The number of nitrogens with zero attached hydrogens (tertiary/aromatic N) is 2. The number of rotatable bonds is 4. The van der Waals surface area contributed by atoms with Crippen LogP contribution in [-0.2, 0) is 16.0 Å². The van der Waals surface area contributed by atoms with E-state index in [4.69, 9.17) is 15.2 Å². The normalized spacial score (nSPS) is 10.8. The minimum absolute atomic E-state index is 0.00555. The van der Waals surface area contributed by atoms with E-state index >= 15 is 0 Å². The molecule has 0 bridgehead atoms. The molecule has 0 amide bonds. The van der Waals surface area contributed by atoms with Crippen LogP contribution in [0.3, 0.4) is 0 Å². The number of esters is 2. The van der Waals surface area contributed by atoms with Crippen molar-refractivity contribution in [3.63, 3.8) is 0 Å². The zero-order valence-corrected chi connectivity index (χ0v) is 15.1. The summed E-state index contributed by atoms with van der Waals surface area (Å²) in [5.74, 6) is -1.95. The molecule has 27 heavy (non-hydrogen) atoms. The first kappa shape index (κ1) is 18.5. The van der Waals surface area contributed by atoms with Gasteiger partial charge in [-0.3, -0.25) is 9.36 Å². The van der Waals surface area contributed by atoms with Gasteiger partial charge >= 0.3 is 11.9 Å². The van der Waals surface area contributed by atoms with E-state index in [1.54, 1.807) is 0 Å². The standard InChI is InChI=1S/C17H14FN3O5S/c1-25-16(23)12-10(13(17(24)26-2)27-14(12)19)6-21-7-20-11-5-8(18)3-4-9(11)15(21)22/h3-5,7H,6,19H2,1-2H3. The molecule has 2 heterocycles. The van der Waals surface area contributed by atoms with Crippen molar-refractivity contribution in [3.8, 4) is 0 Å². The van der Waals surface area contributed by atoms with Crippen LogP contribution in [0.15, 0.2) is 29.3 Å². The summed E-state index contributed by atoms with van der Waals surface area (Å²) in [6, 6.07) is 3.61. The number of thiophene rings is 1. The van der Waals surface area contributed by atoms with Gasteiger partial charge in [0.15, 0.2) is 0 Å². The van der Waals surface area contributed by atoms with E-state index < -0.39 is 23.3 Å². The highest BCUT2D eigenvalue weighted by Crippen LogP contribution is 2.32. The molecule has 0 saturated heterocycles. The molecule has 0 saturated carbocycles. The quantitative estimate of drug-likeness (QED) is 0.675. The maximum absolute atomic E-state index is 13.3. The van der Waals surface area contributed by atoms with Crippen molar-refractivity contribution in [3.05, 3.63) is 56.7 Å². The van der Waals surface area contributed by atoms with Gasteiger partial charge in [-0.15, -0.1) is 11.3 Å². The first-order valence-corrected chi connectivity index (χ1v) is 8.41. The van der Waals surface area contributed by atoms with Crippen molar-refractivity contribution >= 4 is 39.2 Å². The molecule has 3 rings (SSSR count). The number of halogens is 1. The van der Waals surface area contributed by atoms with Gasteiger partial charge in [-0.05, 0) is 12.1 Å². The molecule has 0 aliphatic heterocycles. The highest BCUT2D eigenvalue weighted by atomic mass is 32.1. The predicted molar refractivity (Wildman–Crippen MR) is 96.5 cm³/mol. The van der Waals surface area contributed by atoms with Gasteiger partial charge in [0.2, 0.25) is 0 Å². The number of hydrogen-bond donors (Lipinski definition) is 1. The molecule has 0 atom stereocenters. The molecule has 0 radical (unpaired) electrons. The second-order valence-electron chi connectivity index (χ2n) is 5.47. The lowest BCUT2D eigenvalue weighted by Crippen LogP contribution is -2.23. The van der Waals surface area contributed by atoms with Crippen LogP contribution in [0.2, 0.25) is 0 Å². The Morgan fingerprint density at radius 1 is 1.26 bits per heavy atom. The van der Waals surface area contributed by atoms with Gasteiger partial charge < -0.3 is 15.2 Å². The zero-order valence-electron chi connectivity index (χ0n) is 14.3. The fourth-order valence-electron chi connectivity index (χ4n) is 2.63. The third-order valence-corrected chi connectivity index (χ3v) is 4.95. The van der Waals surface area contributed by atoms with Gasteiger partial charge in [-0.25, -0.2) is 19.0 Å². The Kier molecular flexibility index (Phi) is 4.91. The summed E-state index contributed by atoms with van der Waals surface area (Å²) in [6.45, 7) is -0.165. The summed E-state index contributed by atoms with van der Waals surface area (Å²) < 4.78 is 24.0. The summed E-state index contributed by atoms with van der Waals surface area (Å²) in [4.78, 5) is 41.0. The number of carbonyl (C=O) groups is 2. The van der Waals surface area contributed by atoms with Crippen molar-refractivity contribution in [1.29, 1.82) is 0 Å². The molecule has 3 aromatic rings. The number of benzene rings is 1. The van der Waals surface area contributed by atoms with Gasteiger partial charge in [0, 0.05) is 11.6 Å². The van der Waals surface area contributed by atoms with Crippen molar-refractivity contribution in [1.82, 2.24) is 9.55 Å². The number of ether oxygens (including phenoxy) is 2. The highest BCUT2D eigenvalue weighted by Gasteiger charge is 2.27. The lowest BCUT2D eigenvalue weighted by molar-refractivity contribution is 0.0601. The molecule has 8 nitrogen and oxygen atoms in total.